The first-order chi connectivity index (χ1) is 8.47. The average Bonchev–Trinajstić information content (AvgIpc) is 2.66. The van der Waals surface area contributed by atoms with Crippen LogP contribution >= 0.6 is 12.4 Å². The quantitative estimate of drug-likeness (QED) is 0.928. The van der Waals surface area contributed by atoms with Gasteiger partial charge in [0, 0.05) is 36.9 Å². The molecule has 0 aromatic carbocycles. The van der Waals surface area contributed by atoms with Crippen molar-refractivity contribution in [2.75, 3.05) is 13.1 Å². The van der Waals surface area contributed by atoms with Crippen LogP contribution in [0.4, 0.5) is 0 Å². The molecular formula is C14H27ClN4. The predicted molar refractivity (Wildman–Crippen MR) is 81.6 cm³/mol. The summed E-state index contributed by atoms with van der Waals surface area (Å²) in [6, 6.07) is 0.812. The maximum absolute atomic E-state index is 6.06. The zero-order chi connectivity index (χ0) is 13.3. The van der Waals surface area contributed by atoms with E-state index in [2.05, 4.69) is 48.6 Å². The molecule has 0 amide bonds. The second-order valence-electron chi connectivity index (χ2n) is 5.98. The molecule has 1 fully saturated rings. The van der Waals surface area contributed by atoms with Gasteiger partial charge in [0.1, 0.15) is 0 Å². The number of nitrogens with zero attached hydrogens (tertiary/aromatic N) is 3. The highest BCUT2D eigenvalue weighted by molar-refractivity contribution is 5.85. The Bertz CT molecular complexity index is 402. The minimum absolute atomic E-state index is 0. The first kappa shape index (κ1) is 16.5. The molecule has 0 radical (unpaired) electrons. The summed E-state index contributed by atoms with van der Waals surface area (Å²) in [5.41, 5.74) is 8.58. The predicted octanol–water partition coefficient (Wildman–Crippen LogP) is 2.36. The molecule has 1 aromatic heterocycles. The fourth-order valence-corrected chi connectivity index (χ4v) is 2.57. The SMILES string of the molecule is Cc1nn(C(C)C)cc1CN1CCC(N)C(C)C1.Cl. The molecule has 19 heavy (non-hydrogen) atoms. The number of rotatable bonds is 3. The molecule has 2 N–H and O–H groups in total. The number of aryl methyl sites for hydroxylation is 1. The highest BCUT2D eigenvalue weighted by Crippen LogP contribution is 2.19. The number of halogens is 1. The summed E-state index contributed by atoms with van der Waals surface area (Å²) >= 11 is 0. The molecule has 0 bridgehead atoms. The molecule has 0 spiro atoms. The lowest BCUT2D eigenvalue weighted by Crippen LogP contribution is -2.45. The molecular weight excluding hydrogens is 260 g/mol. The third kappa shape index (κ3) is 3.94. The Morgan fingerprint density at radius 1 is 1.47 bits per heavy atom. The first-order valence-corrected chi connectivity index (χ1v) is 7.00. The zero-order valence-corrected chi connectivity index (χ0v) is 13.3. The topological polar surface area (TPSA) is 47.1 Å². The van der Waals surface area contributed by atoms with Crippen LogP contribution in [0.15, 0.2) is 6.20 Å². The van der Waals surface area contributed by atoms with Gasteiger partial charge in [0.15, 0.2) is 0 Å². The lowest BCUT2D eigenvalue weighted by Gasteiger charge is -2.34. The fourth-order valence-electron chi connectivity index (χ4n) is 2.57. The molecule has 1 aliphatic heterocycles. The van der Waals surface area contributed by atoms with Crippen molar-refractivity contribution in [2.24, 2.45) is 11.7 Å². The highest BCUT2D eigenvalue weighted by Gasteiger charge is 2.23. The van der Waals surface area contributed by atoms with Crippen molar-refractivity contribution in [3.8, 4) is 0 Å². The second-order valence-corrected chi connectivity index (χ2v) is 5.98. The van der Waals surface area contributed by atoms with E-state index in [9.17, 15) is 0 Å². The minimum atomic E-state index is 0. The first-order valence-electron chi connectivity index (χ1n) is 7.00. The van der Waals surface area contributed by atoms with E-state index in [0.29, 0.717) is 18.0 Å². The number of aromatic nitrogens is 2. The normalized spacial score (nSPS) is 24.5. The van der Waals surface area contributed by atoms with E-state index in [-0.39, 0.29) is 12.4 Å². The summed E-state index contributed by atoms with van der Waals surface area (Å²) < 4.78 is 2.06. The van der Waals surface area contributed by atoms with E-state index in [1.54, 1.807) is 0 Å². The maximum Gasteiger partial charge on any atom is 0.0638 e. The molecule has 1 saturated heterocycles. The standard InChI is InChI=1S/C14H26N4.ClH/c1-10(2)18-9-13(12(4)16-18)8-17-6-5-14(15)11(3)7-17;/h9-11,14H,5-8,15H2,1-4H3;1H. The summed E-state index contributed by atoms with van der Waals surface area (Å²) in [6.45, 7) is 11.9. The van der Waals surface area contributed by atoms with Crippen LogP contribution in [0.2, 0.25) is 0 Å². The Morgan fingerprint density at radius 2 is 2.16 bits per heavy atom. The molecule has 0 saturated carbocycles. The van der Waals surface area contributed by atoms with Crippen molar-refractivity contribution in [2.45, 2.75) is 52.7 Å². The van der Waals surface area contributed by atoms with Gasteiger partial charge in [0.05, 0.1) is 5.69 Å². The van der Waals surface area contributed by atoms with Crippen LogP contribution < -0.4 is 5.73 Å². The van der Waals surface area contributed by atoms with Gasteiger partial charge in [0.2, 0.25) is 0 Å². The lowest BCUT2D eigenvalue weighted by atomic mass is 9.94. The van der Waals surface area contributed by atoms with Gasteiger partial charge in [-0.2, -0.15) is 5.10 Å². The van der Waals surface area contributed by atoms with Crippen molar-refractivity contribution in [1.82, 2.24) is 14.7 Å². The van der Waals surface area contributed by atoms with E-state index in [1.807, 2.05) is 0 Å². The summed E-state index contributed by atoms with van der Waals surface area (Å²) in [6.07, 6.45) is 3.30. The number of piperidine rings is 1. The van der Waals surface area contributed by atoms with Gasteiger partial charge >= 0.3 is 0 Å². The van der Waals surface area contributed by atoms with Crippen LogP contribution in [0.25, 0.3) is 0 Å². The van der Waals surface area contributed by atoms with Crippen molar-refractivity contribution < 1.29 is 0 Å². The van der Waals surface area contributed by atoms with Crippen LogP contribution in [0, 0.1) is 12.8 Å². The molecule has 1 aromatic rings. The Labute approximate surface area is 122 Å². The Morgan fingerprint density at radius 3 is 2.68 bits per heavy atom. The largest absolute Gasteiger partial charge is 0.327 e. The molecule has 5 heteroatoms. The molecule has 2 heterocycles. The van der Waals surface area contributed by atoms with Crippen molar-refractivity contribution in [3.63, 3.8) is 0 Å². The molecule has 0 aliphatic carbocycles. The van der Waals surface area contributed by atoms with Crippen LogP contribution in [0.3, 0.4) is 0 Å². The van der Waals surface area contributed by atoms with Gasteiger partial charge in [0.25, 0.3) is 0 Å². The van der Waals surface area contributed by atoms with Gasteiger partial charge in [-0.05, 0) is 39.7 Å². The second kappa shape index (κ2) is 6.73. The summed E-state index contributed by atoms with van der Waals surface area (Å²) in [4.78, 5) is 2.50. The molecule has 4 nitrogen and oxygen atoms in total. The summed E-state index contributed by atoms with van der Waals surface area (Å²) in [5, 5.41) is 4.57. The fraction of sp³-hybridized carbons (Fsp3) is 0.786. The number of likely N-dealkylation sites (tertiary alicyclic amines) is 1. The Kier molecular flexibility index (Phi) is 5.83. The molecule has 2 rings (SSSR count). The van der Waals surface area contributed by atoms with E-state index < -0.39 is 0 Å². The maximum atomic E-state index is 6.06. The van der Waals surface area contributed by atoms with Gasteiger partial charge in [-0.3, -0.25) is 9.58 Å². The van der Waals surface area contributed by atoms with Gasteiger partial charge in [-0.25, -0.2) is 0 Å². The van der Waals surface area contributed by atoms with Crippen molar-refractivity contribution >= 4 is 12.4 Å². The van der Waals surface area contributed by atoms with Gasteiger partial charge < -0.3 is 5.73 Å². The summed E-state index contributed by atoms with van der Waals surface area (Å²) in [5.74, 6) is 0.596. The number of hydrogen-bond donors (Lipinski definition) is 1. The van der Waals surface area contributed by atoms with Gasteiger partial charge in [-0.15, -0.1) is 12.4 Å². The smallest absolute Gasteiger partial charge is 0.0638 e. The monoisotopic (exact) mass is 286 g/mol. The average molecular weight is 287 g/mol. The van der Waals surface area contributed by atoms with Crippen LogP contribution in [-0.4, -0.2) is 33.8 Å². The van der Waals surface area contributed by atoms with E-state index in [1.165, 1.54) is 5.56 Å². The zero-order valence-electron chi connectivity index (χ0n) is 12.5. The number of nitrogens with two attached hydrogens (primary N) is 1. The molecule has 2 unspecified atom stereocenters. The Balaban J connectivity index is 0.00000180. The third-order valence-corrected chi connectivity index (χ3v) is 4.00. The van der Waals surface area contributed by atoms with Crippen LogP contribution in [0.1, 0.15) is 44.5 Å². The molecule has 1 aliphatic rings. The summed E-state index contributed by atoms with van der Waals surface area (Å²) in [7, 11) is 0. The van der Waals surface area contributed by atoms with E-state index >= 15 is 0 Å². The lowest BCUT2D eigenvalue weighted by molar-refractivity contribution is 0.157. The van der Waals surface area contributed by atoms with E-state index in [0.717, 1.165) is 31.7 Å². The Hall–Kier alpha value is -0.580. The van der Waals surface area contributed by atoms with Gasteiger partial charge in [-0.1, -0.05) is 6.92 Å². The van der Waals surface area contributed by atoms with Crippen molar-refractivity contribution in [3.05, 3.63) is 17.5 Å². The van der Waals surface area contributed by atoms with Crippen LogP contribution in [0.5, 0.6) is 0 Å². The highest BCUT2D eigenvalue weighted by atomic mass is 35.5. The third-order valence-electron chi connectivity index (χ3n) is 4.00. The number of hydrogen-bond acceptors (Lipinski definition) is 3. The van der Waals surface area contributed by atoms with Crippen LogP contribution in [-0.2, 0) is 6.54 Å². The van der Waals surface area contributed by atoms with E-state index in [4.69, 9.17) is 5.73 Å². The van der Waals surface area contributed by atoms with Crippen molar-refractivity contribution in [1.29, 1.82) is 0 Å². The molecule has 2 atom stereocenters. The minimum Gasteiger partial charge on any atom is -0.327 e. The molecule has 110 valence electrons.